The van der Waals surface area contributed by atoms with Gasteiger partial charge < -0.3 is 16.0 Å². The number of amidine groups is 1. The highest BCUT2D eigenvalue weighted by Gasteiger charge is 2.17. The summed E-state index contributed by atoms with van der Waals surface area (Å²) in [5.41, 5.74) is 5.39. The van der Waals surface area contributed by atoms with Crippen molar-refractivity contribution in [1.82, 2.24) is 10.2 Å². The third kappa shape index (κ3) is 3.10. The number of aliphatic imine (C=N–C) groups is 1. The fourth-order valence-corrected chi connectivity index (χ4v) is 1.17. The van der Waals surface area contributed by atoms with Crippen molar-refractivity contribution in [1.29, 1.82) is 0 Å². The minimum absolute atomic E-state index is 0.0281. The summed E-state index contributed by atoms with van der Waals surface area (Å²) in [5.74, 6) is 0.660. The van der Waals surface area contributed by atoms with E-state index in [0.29, 0.717) is 25.5 Å². The highest BCUT2D eigenvalue weighted by atomic mass is 35.5. The van der Waals surface area contributed by atoms with Gasteiger partial charge in [-0.1, -0.05) is 0 Å². The fourth-order valence-electron chi connectivity index (χ4n) is 1.08. The molecular formula is C7H13ClN4O. The van der Waals surface area contributed by atoms with Crippen LogP contribution >= 0.6 is 11.6 Å². The van der Waals surface area contributed by atoms with Gasteiger partial charge in [-0.3, -0.25) is 4.99 Å². The van der Waals surface area contributed by atoms with Crippen LogP contribution in [0.4, 0.5) is 4.79 Å². The van der Waals surface area contributed by atoms with Crippen LogP contribution in [0.5, 0.6) is 0 Å². The number of alkyl halides is 1. The van der Waals surface area contributed by atoms with Gasteiger partial charge in [-0.25, -0.2) is 4.79 Å². The Balaban J connectivity index is 2.22. The molecule has 0 saturated carbocycles. The average molecular weight is 205 g/mol. The molecule has 0 aliphatic carbocycles. The van der Waals surface area contributed by atoms with Crippen molar-refractivity contribution < 1.29 is 4.79 Å². The summed E-state index contributed by atoms with van der Waals surface area (Å²) in [4.78, 5) is 16.7. The number of hydrogen-bond acceptors (Lipinski definition) is 2. The van der Waals surface area contributed by atoms with Crippen molar-refractivity contribution in [3.63, 3.8) is 0 Å². The average Bonchev–Trinajstić information content (AvgIpc) is 2.52. The van der Waals surface area contributed by atoms with Crippen LogP contribution in [-0.2, 0) is 0 Å². The molecule has 1 rings (SSSR count). The minimum atomic E-state index is -0.0281. The normalized spacial score (nSPS) is 17.8. The summed E-state index contributed by atoms with van der Waals surface area (Å²) >= 11 is 5.43. The van der Waals surface area contributed by atoms with E-state index in [1.54, 1.807) is 4.90 Å². The molecule has 3 N–H and O–H groups in total. The molecule has 5 nitrogen and oxygen atoms in total. The summed E-state index contributed by atoms with van der Waals surface area (Å²) in [6.45, 7) is 2.58. The predicted molar refractivity (Wildman–Crippen MR) is 52.2 cm³/mol. The number of amides is 2. The van der Waals surface area contributed by atoms with Crippen LogP contribution in [0.15, 0.2) is 4.99 Å². The molecule has 0 atom stereocenters. The van der Waals surface area contributed by atoms with Gasteiger partial charge in [0.25, 0.3) is 0 Å². The Kier molecular flexibility index (Phi) is 3.82. The number of nitrogens with zero attached hydrogens (tertiary/aromatic N) is 2. The minimum Gasteiger partial charge on any atom is -0.386 e. The maximum absolute atomic E-state index is 11.0. The van der Waals surface area contributed by atoms with Crippen LogP contribution in [0.2, 0.25) is 0 Å². The molecule has 1 heterocycles. The SMILES string of the molecule is NC(CCl)=NCCN1CCNC1=O. The molecule has 13 heavy (non-hydrogen) atoms. The third-order valence-corrected chi connectivity index (χ3v) is 2.04. The Morgan fingerprint density at radius 3 is 3.08 bits per heavy atom. The molecule has 1 aliphatic heterocycles. The molecule has 1 fully saturated rings. The lowest BCUT2D eigenvalue weighted by Crippen LogP contribution is -2.30. The van der Waals surface area contributed by atoms with E-state index in [9.17, 15) is 4.79 Å². The van der Waals surface area contributed by atoms with Crippen molar-refractivity contribution in [2.24, 2.45) is 10.7 Å². The van der Waals surface area contributed by atoms with Crippen LogP contribution < -0.4 is 11.1 Å². The lowest BCUT2D eigenvalue weighted by molar-refractivity contribution is 0.218. The van der Waals surface area contributed by atoms with E-state index in [1.807, 2.05) is 0 Å². The van der Waals surface area contributed by atoms with Crippen LogP contribution in [0.3, 0.4) is 0 Å². The number of nitrogens with one attached hydrogen (secondary N) is 1. The topological polar surface area (TPSA) is 70.7 Å². The maximum atomic E-state index is 11.0. The van der Waals surface area contributed by atoms with Crippen LogP contribution in [0.1, 0.15) is 0 Å². The van der Waals surface area contributed by atoms with Crippen molar-refractivity contribution >= 4 is 23.5 Å². The first-order valence-electron chi connectivity index (χ1n) is 4.11. The van der Waals surface area contributed by atoms with Gasteiger partial charge in [0.05, 0.1) is 12.4 Å². The molecule has 6 heteroatoms. The molecule has 0 aromatic heterocycles. The molecule has 1 saturated heterocycles. The number of carbonyl (C=O) groups is 1. The Hall–Kier alpha value is -0.970. The van der Waals surface area contributed by atoms with E-state index >= 15 is 0 Å². The van der Waals surface area contributed by atoms with Crippen LogP contribution in [-0.4, -0.2) is 48.8 Å². The molecule has 1 aliphatic rings. The highest BCUT2D eigenvalue weighted by molar-refractivity contribution is 6.27. The lowest BCUT2D eigenvalue weighted by Gasteiger charge is -2.11. The van der Waals surface area contributed by atoms with E-state index in [2.05, 4.69) is 10.3 Å². The zero-order chi connectivity index (χ0) is 9.68. The van der Waals surface area contributed by atoms with Gasteiger partial charge in [-0.05, 0) is 0 Å². The number of hydrogen-bond donors (Lipinski definition) is 2. The van der Waals surface area contributed by atoms with E-state index in [1.165, 1.54) is 0 Å². The number of urea groups is 1. The first-order valence-corrected chi connectivity index (χ1v) is 4.65. The molecule has 0 unspecified atom stereocenters. The van der Waals surface area contributed by atoms with Crippen LogP contribution in [0.25, 0.3) is 0 Å². The largest absolute Gasteiger partial charge is 0.386 e. The van der Waals surface area contributed by atoms with Gasteiger partial charge in [0.2, 0.25) is 0 Å². The lowest BCUT2D eigenvalue weighted by atomic mass is 10.5. The number of halogens is 1. The summed E-state index contributed by atoms with van der Waals surface area (Å²) in [6.07, 6.45) is 0. The molecule has 2 amide bonds. The van der Waals surface area contributed by atoms with Crippen molar-refractivity contribution in [3.05, 3.63) is 0 Å². The molecule has 0 bridgehead atoms. The molecule has 0 radical (unpaired) electrons. The van der Waals surface area contributed by atoms with Gasteiger partial charge in [0.15, 0.2) is 0 Å². The Morgan fingerprint density at radius 1 is 1.77 bits per heavy atom. The first-order chi connectivity index (χ1) is 6.24. The quantitative estimate of drug-likeness (QED) is 0.372. The van der Waals surface area contributed by atoms with Crippen LogP contribution in [0, 0.1) is 0 Å². The molecule has 0 aromatic carbocycles. The van der Waals surface area contributed by atoms with E-state index in [-0.39, 0.29) is 11.9 Å². The summed E-state index contributed by atoms with van der Waals surface area (Å²) < 4.78 is 0. The maximum Gasteiger partial charge on any atom is 0.317 e. The summed E-state index contributed by atoms with van der Waals surface area (Å²) in [7, 11) is 0. The predicted octanol–water partition coefficient (Wildman–Crippen LogP) is -0.392. The molecule has 0 spiro atoms. The molecular weight excluding hydrogens is 192 g/mol. The second kappa shape index (κ2) is 4.91. The second-order valence-electron chi connectivity index (χ2n) is 2.73. The highest BCUT2D eigenvalue weighted by Crippen LogP contribution is 1.95. The van der Waals surface area contributed by atoms with Gasteiger partial charge in [-0.2, -0.15) is 0 Å². The molecule has 74 valence electrons. The standard InChI is InChI=1S/C7H13ClN4O/c8-5-6(9)10-1-3-12-4-2-11-7(12)13/h1-5H2,(H2,9,10)(H,11,13). The van der Waals surface area contributed by atoms with Crippen molar-refractivity contribution in [2.75, 3.05) is 32.1 Å². The van der Waals surface area contributed by atoms with E-state index < -0.39 is 0 Å². The smallest absolute Gasteiger partial charge is 0.317 e. The number of rotatable bonds is 4. The Bertz CT molecular complexity index is 219. The van der Waals surface area contributed by atoms with E-state index in [0.717, 1.165) is 6.54 Å². The van der Waals surface area contributed by atoms with Gasteiger partial charge in [0.1, 0.15) is 5.84 Å². The zero-order valence-corrected chi connectivity index (χ0v) is 8.05. The van der Waals surface area contributed by atoms with Gasteiger partial charge in [0, 0.05) is 19.6 Å². The number of nitrogens with two attached hydrogens (primary N) is 1. The van der Waals surface area contributed by atoms with Gasteiger partial charge in [-0.15, -0.1) is 11.6 Å². The Labute approximate surface area is 81.9 Å². The summed E-state index contributed by atoms with van der Waals surface area (Å²) in [5, 5.41) is 2.70. The van der Waals surface area contributed by atoms with Gasteiger partial charge >= 0.3 is 6.03 Å². The van der Waals surface area contributed by atoms with Crippen molar-refractivity contribution in [2.45, 2.75) is 0 Å². The van der Waals surface area contributed by atoms with E-state index in [4.69, 9.17) is 17.3 Å². The first kappa shape index (κ1) is 10.1. The monoisotopic (exact) mass is 204 g/mol. The zero-order valence-electron chi connectivity index (χ0n) is 7.29. The second-order valence-corrected chi connectivity index (χ2v) is 2.99. The Morgan fingerprint density at radius 2 is 2.54 bits per heavy atom. The molecule has 0 aromatic rings. The summed E-state index contributed by atoms with van der Waals surface area (Å²) in [6, 6.07) is -0.0281. The third-order valence-electron chi connectivity index (χ3n) is 1.77. The fraction of sp³-hybridized carbons (Fsp3) is 0.714. The number of carbonyl (C=O) groups excluding carboxylic acids is 1. The van der Waals surface area contributed by atoms with Crippen molar-refractivity contribution in [3.8, 4) is 0 Å².